The first-order valence-electron chi connectivity index (χ1n) is 13.4. The molecule has 0 saturated heterocycles. The zero-order valence-electron chi connectivity index (χ0n) is 22.6. The second-order valence-corrected chi connectivity index (χ2v) is 9.46. The average Bonchev–Trinajstić information content (AvgIpc) is 3.09. The number of hydrogen-bond acceptors (Lipinski definition) is 6. The maximum absolute atomic E-state index is 4.33. The maximum Gasteiger partial charge on any atom is 3.00 e. The molecule has 0 bridgehead atoms. The third-order valence-corrected chi connectivity index (χ3v) is 6.88. The molecule has 6 nitrogen and oxygen atoms in total. The molecule has 0 aliphatic carbocycles. The molecule has 0 aliphatic rings. The standard InChI is InChI=1S/3C12H7N2.Co/c3*1-3-9-5-6-10-4-2-8-14-12(10)11(9)13-7-1;/h3*1-7H;/q3*-1;+3. The van der Waals surface area contributed by atoms with Gasteiger partial charge in [0.2, 0.25) is 0 Å². The number of fused-ring (bicyclic) bond motifs is 9. The van der Waals surface area contributed by atoms with Crippen LogP contribution in [0.5, 0.6) is 0 Å². The van der Waals surface area contributed by atoms with E-state index in [1.165, 1.54) is 0 Å². The Hall–Kier alpha value is -5.37. The van der Waals surface area contributed by atoms with Crippen LogP contribution in [-0.2, 0) is 16.8 Å². The molecule has 9 aromatic rings. The van der Waals surface area contributed by atoms with Gasteiger partial charge in [0.25, 0.3) is 0 Å². The van der Waals surface area contributed by atoms with Crippen molar-refractivity contribution in [3.63, 3.8) is 0 Å². The molecule has 0 N–H and O–H groups in total. The van der Waals surface area contributed by atoms with E-state index in [9.17, 15) is 0 Å². The molecule has 0 unspecified atom stereocenters. The van der Waals surface area contributed by atoms with Crippen LogP contribution < -0.4 is 0 Å². The number of hydrogen-bond donors (Lipinski definition) is 0. The molecule has 204 valence electrons. The second-order valence-electron chi connectivity index (χ2n) is 9.46. The maximum atomic E-state index is 4.33. The topological polar surface area (TPSA) is 77.3 Å². The van der Waals surface area contributed by atoms with Crippen LogP contribution in [0.2, 0.25) is 0 Å². The van der Waals surface area contributed by atoms with Gasteiger partial charge < -0.3 is 15.0 Å². The van der Waals surface area contributed by atoms with E-state index in [-0.39, 0.29) is 16.8 Å². The minimum atomic E-state index is 0. The Labute approximate surface area is 257 Å². The van der Waals surface area contributed by atoms with Gasteiger partial charge in [-0.2, -0.15) is 36.4 Å². The summed E-state index contributed by atoms with van der Waals surface area (Å²) in [4.78, 5) is 25.6. The summed E-state index contributed by atoms with van der Waals surface area (Å²) in [7, 11) is 0. The molecule has 3 aromatic carbocycles. The minimum Gasteiger partial charge on any atom is -0.384 e. The van der Waals surface area contributed by atoms with Gasteiger partial charge in [-0.1, -0.05) is 73.2 Å². The molecule has 9 rings (SSSR count). The summed E-state index contributed by atoms with van der Waals surface area (Å²) in [5, 5.41) is 6.67. The SMILES string of the molecule is [Co+3].[c-]1ccc2ccc3cccnc3c2n1.[c-]1ccc2ccc3cccnc3c2n1.[c-]1ccc2ccc3cccnc3c2n1. The fourth-order valence-electron chi connectivity index (χ4n) is 4.88. The Morgan fingerprint density at radius 1 is 0.326 bits per heavy atom. The van der Waals surface area contributed by atoms with Crippen LogP contribution in [0, 0.1) is 18.6 Å². The molecule has 0 fully saturated rings. The first-order valence-corrected chi connectivity index (χ1v) is 13.4. The van der Waals surface area contributed by atoms with Crippen molar-refractivity contribution in [2.24, 2.45) is 0 Å². The van der Waals surface area contributed by atoms with E-state index in [0.29, 0.717) is 0 Å². The van der Waals surface area contributed by atoms with Crippen molar-refractivity contribution in [2.45, 2.75) is 0 Å². The van der Waals surface area contributed by atoms with Crippen molar-refractivity contribution >= 4 is 65.4 Å². The molecule has 0 amide bonds. The van der Waals surface area contributed by atoms with Crippen molar-refractivity contribution in [1.82, 2.24) is 29.9 Å². The van der Waals surface area contributed by atoms with Crippen molar-refractivity contribution in [2.75, 3.05) is 0 Å². The Balaban J connectivity index is 0.000000113. The molecule has 0 aliphatic heterocycles. The summed E-state index contributed by atoms with van der Waals surface area (Å²) in [5.74, 6) is 0. The number of pyridine rings is 6. The van der Waals surface area contributed by atoms with E-state index < -0.39 is 0 Å². The summed E-state index contributed by atoms with van der Waals surface area (Å²) >= 11 is 0. The van der Waals surface area contributed by atoms with Crippen LogP contribution in [0.15, 0.2) is 128 Å². The summed E-state index contributed by atoms with van der Waals surface area (Å²) in [6.07, 6.45) is 13.9. The first kappa shape index (κ1) is 27.8. The smallest absolute Gasteiger partial charge is 0.384 e. The number of benzene rings is 3. The van der Waals surface area contributed by atoms with E-state index in [0.717, 1.165) is 65.4 Å². The van der Waals surface area contributed by atoms with Gasteiger partial charge in [-0.15, -0.1) is 16.2 Å². The van der Waals surface area contributed by atoms with Gasteiger partial charge in [-0.05, 0) is 50.9 Å². The Kier molecular flexibility index (Phi) is 8.17. The van der Waals surface area contributed by atoms with Gasteiger partial charge in [0, 0.05) is 35.1 Å². The molecule has 7 heteroatoms. The number of rotatable bonds is 0. The van der Waals surface area contributed by atoms with E-state index in [2.05, 4.69) is 84.9 Å². The number of nitrogens with zero attached hydrogens (tertiary/aromatic N) is 6. The van der Waals surface area contributed by atoms with E-state index in [1.54, 1.807) is 18.6 Å². The second kappa shape index (κ2) is 12.6. The van der Waals surface area contributed by atoms with Crippen LogP contribution in [0.3, 0.4) is 0 Å². The largest absolute Gasteiger partial charge is 3.00 e. The number of aromatic nitrogens is 6. The molecule has 0 spiro atoms. The zero-order valence-corrected chi connectivity index (χ0v) is 23.7. The third-order valence-electron chi connectivity index (χ3n) is 6.88. The van der Waals surface area contributed by atoms with Gasteiger partial charge in [-0.25, -0.2) is 0 Å². The Bertz CT molecular complexity index is 1910. The fraction of sp³-hybridized carbons (Fsp3) is 0. The van der Waals surface area contributed by atoms with Crippen LogP contribution in [-0.4, -0.2) is 29.9 Å². The van der Waals surface area contributed by atoms with Crippen LogP contribution in [0.25, 0.3) is 65.4 Å². The molecule has 6 aromatic heterocycles. The van der Waals surface area contributed by atoms with Gasteiger partial charge in [-0.3, -0.25) is 15.0 Å². The van der Waals surface area contributed by atoms with Gasteiger partial charge in [0.15, 0.2) is 0 Å². The van der Waals surface area contributed by atoms with E-state index >= 15 is 0 Å². The molecule has 0 atom stereocenters. The Morgan fingerprint density at radius 3 is 0.907 bits per heavy atom. The summed E-state index contributed by atoms with van der Waals surface area (Å²) in [5.41, 5.74) is 5.60. The average molecular weight is 597 g/mol. The quantitative estimate of drug-likeness (QED) is 0.132. The van der Waals surface area contributed by atoms with Crippen molar-refractivity contribution in [3.05, 3.63) is 146 Å². The normalized spacial score (nSPS) is 10.6. The molecular weight excluding hydrogens is 575 g/mol. The predicted molar refractivity (Wildman–Crippen MR) is 168 cm³/mol. The molecule has 0 saturated carbocycles. The van der Waals surface area contributed by atoms with Gasteiger partial charge >= 0.3 is 16.8 Å². The monoisotopic (exact) mass is 596 g/mol. The fourth-order valence-corrected chi connectivity index (χ4v) is 4.88. The summed E-state index contributed by atoms with van der Waals surface area (Å²) in [6.45, 7) is 0. The Morgan fingerprint density at radius 2 is 0.605 bits per heavy atom. The van der Waals surface area contributed by atoms with Crippen molar-refractivity contribution < 1.29 is 16.8 Å². The summed E-state index contributed by atoms with van der Waals surface area (Å²) in [6, 6.07) is 35.7. The van der Waals surface area contributed by atoms with Gasteiger partial charge in [0.05, 0.1) is 0 Å². The minimum absolute atomic E-state index is 0. The third kappa shape index (κ3) is 5.72. The van der Waals surface area contributed by atoms with Crippen molar-refractivity contribution in [3.8, 4) is 0 Å². The van der Waals surface area contributed by atoms with Crippen LogP contribution in [0.1, 0.15) is 0 Å². The van der Waals surface area contributed by atoms with Crippen LogP contribution >= 0.6 is 0 Å². The molecule has 6 heterocycles. The molecule has 43 heavy (non-hydrogen) atoms. The van der Waals surface area contributed by atoms with E-state index in [1.807, 2.05) is 72.8 Å². The summed E-state index contributed by atoms with van der Waals surface area (Å²) < 4.78 is 0. The van der Waals surface area contributed by atoms with Crippen molar-refractivity contribution in [1.29, 1.82) is 0 Å². The zero-order chi connectivity index (χ0) is 28.1. The molecular formula is C36H21CoN6. The van der Waals surface area contributed by atoms with Crippen LogP contribution in [0.4, 0.5) is 0 Å². The predicted octanol–water partition coefficient (Wildman–Crippen LogP) is 7.75. The van der Waals surface area contributed by atoms with E-state index in [4.69, 9.17) is 0 Å². The molecule has 0 radical (unpaired) electrons. The first-order chi connectivity index (χ1) is 20.8. The van der Waals surface area contributed by atoms with Gasteiger partial charge in [0.1, 0.15) is 0 Å².